The average molecular weight is 612 g/mol. The normalized spacial score (nSPS) is 11.6. The number of benzene rings is 3. The molecule has 3 N–H and O–H groups in total. The van der Waals surface area contributed by atoms with Gasteiger partial charge in [0.25, 0.3) is 0 Å². The molecule has 8 nitrogen and oxygen atoms in total. The lowest BCUT2D eigenvalue weighted by molar-refractivity contribution is 0.260. The molecule has 0 atom stereocenters. The number of nitrogens with zero attached hydrogens (tertiary/aromatic N) is 4. The van der Waals surface area contributed by atoms with E-state index in [1.165, 1.54) is 17.7 Å². The second kappa shape index (κ2) is 12.9. The molecular weight excluding hydrogens is 577 g/mol. The molecule has 0 bridgehead atoms. The Balaban J connectivity index is 1.17. The summed E-state index contributed by atoms with van der Waals surface area (Å²) in [7, 11) is 3.95. The first-order chi connectivity index (χ1) is 22.5. The van der Waals surface area contributed by atoms with E-state index in [2.05, 4.69) is 72.9 Å². The number of likely N-dealkylation sites (N-methyl/N-ethyl adjacent to an activating group) is 1. The van der Waals surface area contributed by atoms with E-state index in [1.807, 2.05) is 55.7 Å². The Morgan fingerprint density at radius 2 is 1.61 bits per heavy atom. The van der Waals surface area contributed by atoms with E-state index in [1.54, 1.807) is 12.4 Å². The predicted molar refractivity (Wildman–Crippen MR) is 181 cm³/mol. The Bertz CT molecular complexity index is 2120. The van der Waals surface area contributed by atoms with Crippen molar-refractivity contribution < 1.29 is 9.13 Å². The Kier molecular flexibility index (Phi) is 8.24. The van der Waals surface area contributed by atoms with Gasteiger partial charge in [-0.2, -0.15) is 5.10 Å². The zero-order valence-electron chi connectivity index (χ0n) is 25.7. The zero-order chi connectivity index (χ0) is 31.5. The van der Waals surface area contributed by atoms with Gasteiger partial charge < -0.3 is 19.9 Å². The molecular formula is C37H34FN7O. The first kappa shape index (κ1) is 29.3. The summed E-state index contributed by atoms with van der Waals surface area (Å²) in [6.07, 6.45) is 7.32. The fourth-order valence-electron chi connectivity index (χ4n) is 5.64. The van der Waals surface area contributed by atoms with Gasteiger partial charge in [-0.15, -0.1) is 0 Å². The Hall–Kier alpha value is -5.38. The molecule has 0 aliphatic rings. The minimum Gasteiger partial charge on any atom is -0.492 e. The van der Waals surface area contributed by atoms with E-state index in [4.69, 9.17) is 4.74 Å². The monoisotopic (exact) mass is 611 g/mol. The van der Waals surface area contributed by atoms with Crippen molar-refractivity contribution in [1.29, 1.82) is 0 Å². The van der Waals surface area contributed by atoms with Crippen LogP contribution in [0.15, 0.2) is 104 Å². The molecule has 0 fully saturated rings. The highest BCUT2D eigenvalue weighted by Crippen LogP contribution is 2.36. The van der Waals surface area contributed by atoms with Crippen molar-refractivity contribution in [3.05, 3.63) is 121 Å². The summed E-state index contributed by atoms with van der Waals surface area (Å²) in [4.78, 5) is 14.5. The van der Waals surface area contributed by atoms with Gasteiger partial charge in [0.15, 0.2) is 0 Å². The Morgan fingerprint density at radius 3 is 2.48 bits per heavy atom. The number of ether oxygens (including phenoxy) is 1. The molecule has 4 heterocycles. The van der Waals surface area contributed by atoms with E-state index in [0.717, 1.165) is 75.1 Å². The molecule has 0 amide bonds. The van der Waals surface area contributed by atoms with Crippen molar-refractivity contribution >= 4 is 21.8 Å². The highest BCUT2D eigenvalue weighted by atomic mass is 19.1. The second-order valence-corrected chi connectivity index (χ2v) is 11.7. The number of H-pyrrole nitrogens is 2. The standard InChI is InChI=1S/C37H34FN7O/c1-45(2)10-11-46-30-14-27(13-29(38)16-30)33-22-41-23-36-31(33)17-35(42-36)37-32-15-26(8-9-34(32)43-44-37)28-12-25(20-40-21-28)19-39-18-24-6-4-3-5-7-24/h3-9,12-17,20-23,39,42H,10-11,18-19H2,1-2H3,(H,43,44). The summed E-state index contributed by atoms with van der Waals surface area (Å²) in [5.41, 5.74) is 9.33. The fourth-order valence-corrected chi connectivity index (χ4v) is 5.64. The van der Waals surface area contributed by atoms with Gasteiger partial charge in [0.05, 0.1) is 22.9 Å². The third-order valence-electron chi connectivity index (χ3n) is 7.98. The van der Waals surface area contributed by atoms with Gasteiger partial charge in [0.1, 0.15) is 23.9 Å². The molecule has 0 radical (unpaired) electrons. The van der Waals surface area contributed by atoms with Crippen molar-refractivity contribution in [3.63, 3.8) is 0 Å². The highest BCUT2D eigenvalue weighted by Gasteiger charge is 2.16. The molecule has 9 heteroatoms. The maximum atomic E-state index is 14.7. The van der Waals surface area contributed by atoms with Gasteiger partial charge in [-0.3, -0.25) is 15.1 Å². The molecule has 3 aromatic carbocycles. The van der Waals surface area contributed by atoms with Crippen LogP contribution in [0, 0.1) is 5.82 Å². The van der Waals surface area contributed by atoms with E-state index < -0.39 is 0 Å². The van der Waals surface area contributed by atoms with Gasteiger partial charge in [0.2, 0.25) is 0 Å². The molecule has 0 aliphatic heterocycles. The molecule has 7 rings (SSSR count). The zero-order valence-corrected chi connectivity index (χ0v) is 25.7. The van der Waals surface area contributed by atoms with Crippen molar-refractivity contribution in [2.75, 3.05) is 27.2 Å². The SMILES string of the molecule is CN(C)CCOc1cc(F)cc(-c2cncc3[nH]c(-c4n[nH]c5ccc(-c6cncc(CNCc7ccccc7)c6)cc45)cc23)c1. The number of pyridine rings is 2. The van der Waals surface area contributed by atoms with Crippen LogP contribution in [0.3, 0.4) is 0 Å². The van der Waals surface area contributed by atoms with Crippen LogP contribution in [-0.4, -0.2) is 57.3 Å². The Morgan fingerprint density at radius 1 is 0.761 bits per heavy atom. The highest BCUT2D eigenvalue weighted by molar-refractivity contribution is 6.01. The number of hydrogen-bond acceptors (Lipinski definition) is 6. The van der Waals surface area contributed by atoms with E-state index in [9.17, 15) is 4.39 Å². The second-order valence-electron chi connectivity index (χ2n) is 11.7. The summed E-state index contributed by atoms with van der Waals surface area (Å²) in [5.74, 6) is 0.127. The number of nitrogens with one attached hydrogen (secondary N) is 3. The van der Waals surface area contributed by atoms with Crippen LogP contribution in [-0.2, 0) is 13.1 Å². The number of rotatable bonds is 11. The lowest BCUT2D eigenvalue weighted by atomic mass is 10.0. The van der Waals surface area contributed by atoms with E-state index >= 15 is 0 Å². The first-order valence-corrected chi connectivity index (χ1v) is 15.2. The van der Waals surface area contributed by atoms with Gasteiger partial charge in [-0.05, 0) is 72.7 Å². The average Bonchev–Trinajstić information content (AvgIpc) is 3.69. The van der Waals surface area contributed by atoms with Crippen LogP contribution >= 0.6 is 0 Å². The third kappa shape index (κ3) is 6.37. The number of aromatic amines is 2. The van der Waals surface area contributed by atoms with Crippen LogP contribution in [0.4, 0.5) is 4.39 Å². The number of fused-ring (bicyclic) bond motifs is 2. The van der Waals surface area contributed by atoms with Crippen LogP contribution in [0.1, 0.15) is 11.1 Å². The van der Waals surface area contributed by atoms with E-state index in [-0.39, 0.29) is 5.82 Å². The Labute approximate surface area is 266 Å². The predicted octanol–water partition coefficient (Wildman–Crippen LogP) is 7.20. The largest absolute Gasteiger partial charge is 0.492 e. The maximum absolute atomic E-state index is 14.7. The molecule has 46 heavy (non-hydrogen) atoms. The molecule has 0 saturated heterocycles. The van der Waals surface area contributed by atoms with Crippen LogP contribution in [0.5, 0.6) is 5.75 Å². The summed E-state index contributed by atoms with van der Waals surface area (Å²) >= 11 is 0. The van der Waals surface area contributed by atoms with Crippen molar-refractivity contribution in [1.82, 2.24) is 35.4 Å². The molecule has 0 spiro atoms. The third-order valence-corrected chi connectivity index (χ3v) is 7.98. The topological polar surface area (TPSA) is 94.8 Å². The van der Waals surface area contributed by atoms with Gasteiger partial charge in [0, 0.05) is 66.2 Å². The van der Waals surface area contributed by atoms with Crippen LogP contribution < -0.4 is 10.1 Å². The van der Waals surface area contributed by atoms with E-state index in [0.29, 0.717) is 17.9 Å². The molecule has 0 unspecified atom stereocenters. The molecule has 4 aromatic heterocycles. The van der Waals surface area contributed by atoms with Crippen molar-refractivity contribution in [2.24, 2.45) is 0 Å². The first-order valence-electron chi connectivity index (χ1n) is 15.2. The maximum Gasteiger partial charge on any atom is 0.127 e. The van der Waals surface area contributed by atoms with Gasteiger partial charge in [-0.1, -0.05) is 36.4 Å². The van der Waals surface area contributed by atoms with Crippen LogP contribution in [0.2, 0.25) is 0 Å². The quantitative estimate of drug-likeness (QED) is 0.143. The van der Waals surface area contributed by atoms with Crippen LogP contribution in [0.25, 0.3) is 55.4 Å². The summed E-state index contributed by atoms with van der Waals surface area (Å²) < 4.78 is 20.5. The fraction of sp³-hybridized carbons (Fsp3) is 0.162. The number of hydrogen-bond donors (Lipinski definition) is 3. The lowest BCUT2D eigenvalue weighted by Gasteiger charge is -2.12. The summed E-state index contributed by atoms with van der Waals surface area (Å²) in [6.45, 7) is 2.71. The summed E-state index contributed by atoms with van der Waals surface area (Å²) in [5, 5.41) is 13.3. The number of aromatic nitrogens is 5. The van der Waals surface area contributed by atoms with Crippen molar-refractivity contribution in [3.8, 4) is 39.4 Å². The van der Waals surface area contributed by atoms with Gasteiger partial charge in [-0.25, -0.2) is 4.39 Å². The molecule has 0 saturated carbocycles. The minimum absolute atomic E-state index is 0.360. The smallest absolute Gasteiger partial charge is 0.127 e. The number of halogens is 1. The lowest BCUT2D eigenvalue weighted by Crippen LogP contribution is -2.19. The molecule has 0 aliphatic carbocycles. The summed E-state index contributed by atoms with van der Waals surface area (Å²) in [6, 6.07) is 25.6. The molecule has 7 aromatic rings. The van der Waals surface area contributed by atoms with Crippen molar-refractivity contribution in [2.45, 2.75) is 13.1 Å². The molecule has 230 valence electrons. The van der Waals surface area contributed by atoms with Gasteiger partial charge >= 0.3 is 0 Å². The minimum atomic E-state index is -0.360.